The molecule has 0 spiro atoms. The predicted octanol–water partition coefficient (Wildman–Crippen LogP) is 2.46. The molecule has 0 unspecified atom stereocenters. The van der Waals surface area contributed by atoms with Crippen molar-refractivity contribution in [1.29, 1.82) is 0 Å². The van der Waals surface area contributed by atoms with E-state index < -0.39 is 0 Å². The van der Waals surface area contributed by atoms with Gasteiger partial charge in [0.25, 0.3) is 0 Å². The number of morpholine rings is 1. The van der Waals surface area contributed by atoms with Crippen molar-refractivity contribution in [2.24, 2.45) is 0 Å². The number of carbonyl (C=O) groups excluding carboxylic acids is 1. The summed E-state index contributed by atoms with van der Waals surface area (Å²) in [4.78, 5) is 14.4. The van der Waals surface area contributed by atoms with Crippen LogP contribution in [0.1, 0.15) is 23.1 Å². The Bertz CT molecular complexity index is 666. The average Bonchev–Trinajstić information content (AvgIpc) is 3.08. The van der Waals surface area contributed by atoms with Crippen molar-refractivity contribution in [3.05, 3.63) is 59.5 Å². The van der Waals surface area contributed by atoms with Crippen molar-refractivity contribution in [3.63, 3.8) is 0 Å². The molecule has 25 heavy (non-hydrogen) atoms. The molecule has 1 fully saturated rings. The summed E-state index contributed by atoms with van der Waals surface area (Å²) in [7, 11) is 0. The van der Waals surface area contributed by atoms with Crippen LogP contribution in [0.15, 0.2) is 46.9 Å². The van der Waals surface area contributed by atoms with E-state index in [4.69, 9.17) is 9.15 Å². The molecule has 3 rings (SSSR count). The van der Waals surface area contributed by atoms with Crippen LogP contribution in [0.5, 0.6) is 0 Å². The minimum Gasteiger partial charge on any atom is -0.465 e. The van der Waals surface area contributed by atoms with Crippen molar-refractivity contribution in [1.82, 2.24) is 15.5 Å². The first kappa shape index (κ1) is 17.5. The van der Waals surface area contributed by atoms with Crippen LogP contribution in [0.3, 0.4) is 0 Å². The van der Waals surface area contributed by atoms with Crippen molar-refractivity contribution in [3.8, 4) is 0 Å². The monoisotopic (exact) mass is 343 g/mol. The minimum absolute atomic E-state index is 0.0140. The molecule has 2 aromatic rings. The van der Waals surface area contributed by atoms with Gasteiger partial charge in [0.2, 0.25) is 0 Å². The summed E-state index contributed by atoms with van der Waals surface area (Å²) < 4.78 is 11.2. The Morgan fingerprint density at radius 2 is 1.88 bits per heavy atom. The number of carbonyl (C=O) groups is 1. The SMILES string of the molecule is Cc1ccc([C@H](CNC(=O)NCc2ccccc2)N2CCOCC2)o1. The van der Waals surface area contributed by atoms with Gasteiger partial charge in [-0.3, -0.25) is 4.90 Å². The number of benzene rings is 1. The molecular formula is C19H25N3O3. The first-order valence-corrected chi connectivity index (χ1v) is 8.66. The van der Waals surface area contributed by atoms with E-state index >= 15 is 0 Å². The van der Waals surface area contributed by atoms with Gasteiger partial charge in [-0.25, -0.2) is 4.79 Å². The molecule has 6 nitrogen and oxygen atoms in total. The number of amides is 2. The van der Waals surface area contributed by atoms with Crippen molar-refractivity contribution in [2.75, 3.05) is 32.8 Å². The fourth-order valence-electron chi connectivity index (χ4n) is 2.96. The summed E-state index contributed by atoms with van der Waals surface area (Å²) in [5.74, 6) is 1.75. The lowest BCUT2D eigenvalue weighted by atomic mass is 10.1. The van der Waals surface area contributed by atoms with Gasteiger partial charge >= 0.3 is 6.03 Å². The molecule has 0 saturated carbocycles. The Morgan fingerprint density at radius 3 is 2.56 bits per heavy atom. The molecule has 1 aromatic carbocycles. The lowest BCUT2D eigenvalue weighted by Gasteiger charge is -2.33. The Hall–Kier alpha value is -2.31. The van der Waals surface area contributed by atoms with E-state index in [2.05, 4.69) is 15.5 Å². The summed E-state index contributed by atoms with van der Waals surface area (Å²) >= 11 is 0. The second-order valence-electron chi connectivity index (χ2n) is 6.16. The molecule has 0 bridgehead atoms. The zero-order valence-electron chi connectivity index (χ0n) is 14.5. The van der Waals surface area contributed by atoms with Gasteiger partial charge in [-0.2, -0.15) is 0 Å². The molecule has 2 amide bonds. The fourth-order valence-corrected chi connectivity index (χ4v) is 2.96. The average molecular weight is 343 g/mol. The molecule has 1 aliphatic rings. The third-order valence-corrected chi connectivity index (χ3v) is 4.33. The molecule has 2 N–H and O–H groups in total. The number of ether oxygens (including phenoxy) is 1. The second-order valence-corrected chi connectivity index (χ2v) is 6.16. The van der Waals surface area contributed by atoms with E-state index in [-0.39, 0.29) is 12.1 Å². The molecule has 0 radical (unpaired) electrons. The van der Waals surface area contributed by atoms with E-state index in [1.807, 2.05) is 49.4 Å². The molecule has 1 aromatic heterocycles. The Balaban J connectivity index is 1.55. The molecule has 2 heterocycles. The molecule has 134 valence electrons. The Morgan fingerprint density at radius 1 is 1.12 bits per heavy atom. The van der Waals surface area contributed by atoms with Gasteiger partial charge in [0.1, 0.15) is 11.5 Å². The molecular weight excluding hydrogens is 318 g/mol. The van der Waals surface area contributed by atoms with Gasteiger partial charge in [0.05, 0.1) is 19.3 Å². The number of nitrogens with one attached hydrogen (secondary N) is 2. The zero-order chi connectivity index (χ0) is 17.5. The Kier molecular flexibility index (Phi) is 6.09. The maximum absolute atomic E-state index is 12.1. The number of aryl methyl sites for hydroxylation is 1. The molecule has 1 saturated heterocycles. The van der Waals surface area contributed by atoms with Crippen LogP contribution < -0.4 is 10.6 Å². The minimum atomic E-state index is -0.176. The van der Waals surface area contributed by atoms with Crippen LogP contribution >= 0.6 is 0 Å². The lowest BCUT2D eigenvalue weighted by molar-refractivity contribution is 0.0121. The largest absolute Gasteiger partial charge is 0.465 e. The maximum atomic E-state index is 12.1. The van der Waals surface area contributed by atoms with Crippen LogP contribution in [0.4, 0.5) is 4.79 Å². The first-order chi connectivity index (χ1) is 12.2. The molecule has 0 aliphatic carbocycles. The van der Waals surface area contributed by atoms with Crippen molar-refractivity contribution < 1.29 is 13.9 Å². The van der Waals surface area contributed by atoms with E-state index in [1.54, 1.807) is 0 Å². The van der Waals surface area contributed by atoms with E-state index in [1.165, 1.54) is 0 Å². The highest BCUT2D eigenvalue weighted by atomic mass is 16.5. The molecule has 1 aliphatic heterocycles. The highest BCUT2D eigenvalue weighted by Gasteiger charge is 2.25. The molecule has 1 atom stereocenters. The van der Waals surface area contributed by atoms with Crippen LogP contribution in [0.2, 0.25) is 0 Å². The second kappa shape index (κ2) is 8.69. The topological polar surface area (TPSA) is 66.7 Å². The third-order valence-electron chi connectivity index (χ3n) is 4.33. The highest BCUT2D eigenvalue weighted by molar-refractivity contribution is 5.73. The normalized spacial score (nSPS) is 16.4. The van der Waals surface area contributed by atoms with E-state index in [0.717, 1.165) is 30.2 Å². The van der Waals surface area contributed by atoms with Crippen LogP contribution in [-0.2, 0) is 11.3 Å². The van der Waals surface area contributed by atoms with Gasteiger partial charge < -0.3 is 19.8 Å². The summed E-state index contributed by atoms with van der Waals surface area (Å²) in [6.07, 6.45) is 0. The summed E-state index contributed by atoms with van der Waals surface area (Å²) in [5, 5.41) is 5.86. The number of urea groups is 1. The van der Waals surface area contributed by atoms with E-state index in [0.29, 0.717) is 26.3 Å². The van der Waals surface area contributed by atoms with Crippen molar-refractivity contribution >= 4 is 6.03 Å². The third kappa shape index (κ3) is 5.08. The number of rotatable bonds is 6. The molecule has 6 heteroatoms. The first-order valence-electron chi connectivity index (χ1n) is 8.66. The summed E-state index contributed by atoms with van der Waals surface area (Å²) in [5.41, 5.74) is 1.07. The lowest BCUT2D eigenvalue weighted by Crippen LogP contribution is -2.45. The Labute approximate surface area is 148 Å². The number of hydrogen-bond donors (Lipinski definition) is 2. The van der Waals surface area contributed by atoms with Crippen molar-refractivity contribution in [2.45, 2.75) is 19.5 Å². The van der Waals surface area contributed by atoms with Crippen LogP contribution in [0.25, 0.3) is 0 Å². The smallest absolute Gasteiger partial charge is 0.315 e. The maximum Gasteiger partial charge on any atom is 0.315 e. The summed E-state index contributed by atoms with van der Waals surface area (Å²) in [6.45, 7) is 6.00. The standard InChI is InChI=1S/C19H25N3O3/c1-15-7-8-18(25-15)17(22-9-11-24-12-10-22)14-21-19(23)20-13-16-5-3-2-4-6-16/h2-8,17H,9-14H2,1H3,(H2,20,21,23)/t17-/m0/s1. The van der Waals surface area contributed by atoms with E-state index in [9.17, 15) is 4.79 Å². The van der Waals surface area contributed by atoms with Crippen LogP contribution in [-0.4, -0.2) is 43.8 Å². The van der Waals surface area contributed by atoms with Gasteiger partial charge in [0.15, 0.2) is 0 Å². The van der Waals surface area contributed by atoms with Crippen LogP contribution in [0, 0.1) is 6.92 Å². The van der Waals surface area contributed by atoms with Gasteiger partial charge in [-0.1, -0.05) is 30.3 Å². The van der Waals surface area contributed by atoms with Gasteiger partial charge in [0, 0.05) is 26.2 Å². The zero-order valence-corrected chi connectivity index (χ0v) is 14.5. The fraction of sp³-hybridized carbons (Fsp3) is 0.421. The van der Waals surface area contributed by atoms with Gasteiger partial charge in [-0.05, 0) is 24.6 Å². The predicted molar refractivity (Wildman–Crippen MR) is 95.3 cm³/mol. The number of hydrogen-bond acceptors (Lipinski definition) is 4. The number of furan rings is 1. The number of nitrogens with zero attached hydrogens (tertiary/aromatic N) is 1. The quantitative estimate of drug-likeness (QED) is 0.845. The van der Waals surface area contributed by atoms with Gasteiger partial charge in [-0.15, -0.1) is 0 Å². The summed E-state index contributed by atoms with van der Waals surface area (Å²) in [6, 6.07) is 13.6. The highest BCUT2D eigenvalue weighted by Crippen LogP contribution is 2.23.